The molecule has 2 rings (SSSR count). The highest BCUT2D eigenvalue weighted by atomic mass is 16.4. The van der Waals surface area contributed by atoms with Crippen LogP contribution in [-0.4, -0.2) is 11.1 Å². The largest absolute Gasteiger partial charge is 0.481 e. The molecule has 0 aliphatic heterocycles. The highest BCUT2D eigenvalue weighted by molar-refractivity contribution is 5.76. The first-order valence-corrected chi connectivity index (χ1v) is 7.45. The summed E-state index contributed by atoms with van der Waals surface area (Å²) in [6.45, 7) is 6.49. The number of aliphatic carboxylic acids is 1. The van der Waals surface area contributed by atoms with E-state index < -0.39 is 11.9 Å². The van der Waals surface area contributed by atoms with Crippen LogP contribution in [0, 0.1) is 0 Å². The zero-order valence-electron chi connectivity index (χ0n) is 13.3. The van der Waals surface area contributed by atoms with Crippen molar-refractivity contribution in [3.8, 4) is 0 Å². The van der Waals surface area contributed by atoms with Crippen molar-refractivity contribution < 1.29 is 9.90 Å². The lowest BCUT2D eigenvalue weighted by atomic mass is 9.85. The minimum Gasteiger partial charge on any atom is -0.481 e. The molecule has 3 N–H and O–H groups in total. The Labute approximate surface area is 131 Å². The van der Waals surface area contributed by atoms with E-state index in [2.05, 4.69) is 32.9 Å². The van der Waals surface area contributed by atoms with Gasteiger partial charge < -0.3 is 10.8 Å². The molecule has 116 valence electrons. The molecule has 1 unspecified atom stereocenters. The SMILES string of the molecule is CC(C)(C)c1ccc(CC(C(=O)O)c2ccc(N)cc2)cc1. The van der Waals surface area contributed by atoms with Crippen molar-refractivity contribution in [2.24, 2.45) is 0 Å². The third-order valence-corrected chi connectivity index (χ3v) is 3.90. The topological polar surface area (TPSA) is 63.3 Å². The van der Waals surface area contributed by atoms with Gasteiger partial charge in [-0.3, -0.25) is 4.79 Å². The molecule has 3 heteroatoms. The van der Waals surface area contributed by atoms with Crippen molar-refractivity contribution in [2.45, 2.75) is 38.5 Å². The van der Waals surface area contributed by atoms with Crippen LogP contribution in [0.5, 0.6) is 0 Å². The van der Waals surface area contributed by atoms with Crippen molar-refractivity contribution in [3.63, 3.8) is 0 Å². The summed E-state index contributed by atoms with van der Waals surface area (Å²) in [6, 6.07) is 15.3. The van der Waals surface area contributed by atoms with Crippen LogP contribution in [-0.2, 0) is 16.6 Å². The molecule has 1 atom stereocenters. The maximum Gasteiger partial charge on any atom is 0.311 e. The van der Waals surface area contributed by atoms with Crippen LogP contribution in [0.15, 0.2) is 48.5 Å². The number of benzene rings is 2. The fraction of sp³-hybridized carbons (Fsp3) is 0.316. The Kier molecular flexibility index (Phi) is 4.55. The van der Waals surface area contributed by atoms with Crippen LogP contribution in [0.3, 0.4) is 0 Å². The smallest absolute Gasteiger partial charge is 0.311 e. The summed E-state index contributed by atoms with van der Waals surface area (Å²) in [5, 5.41) is 9.51. The standard InChI is InChI=1S/C19H23NO2/c1-19(2,3)15-8-4-13(5-9-15)12-17(18(21)22)14-6-10-16(20)11-7-14/h4-11,17H,12,20H2,1-3H3,(H,21,22). The van der Waals surface area contributed by atoms with Gasteiger partial charge >= 0.3 is 5.97 Å². The summed E-state index contributed by atoms with van der Waals surface area (Å²) in [7, 11) is 0. The molecule has 22 heavy (non-hydrogen) atoms. The van der Waals surface area contributed by atoms with Gasteiger partial charge in [0.05, 0.1) is 5.92 Å². The van der Waals surface area contributed by atoms with E-state index in [1.165, 1.54) is 5.56 Å². The minimum atomic E-state index is -0.815. The van der Waals surface area contributed by atoms with E-state index in [0.29, 0.717) is 12.1 Å². The van der Waals surface area contributed by atoms with E-state index in [1.54, 1.807) is 24.3 Å². The van der Waals surface area contributed by atoms with Crippen LogP contribution in [0.1, 0.15) is 43.4 Å². The average Bonchev–Trinajstić information content (AvgIpc) is 2.45. The van der Waals surface area contributed by atoms with Gasteiger partial charge in [-0.2, -0.15) is 0 Å². The second-order valence-electron chi connectivity index (χ2n) is 6.71. The predicted molar refractivity (Wildman–Crippen MR) is 90.1 cm³/mol. The van der Waals surface area contributed by atoms with Crippen LogP contribution < -0.4 is 5.73 Å². The molecule has 0 saturated carbocycles. The second-order valence-corrected chi connectivity index (χ2v) is 6.71. The maximum atomic E-state index is 11.6. The summed E-state index contributed by atoms with van der Waals surface area (Å²) in [4.78, 5) is 11.6. The third kappa shape index (κ3) is 3.88. The first kappa shape index (κ1) is 16.1. The van der Waals surface area contributed by atoms with E-state index in [9.17, 15) is 9.90 Å². The molecule has 0 heterocycles. The molecule has 0 saturated heterocycles. The molecule has 0 aliphatic rings. The summed E-state index contributed by atoms with van der Waals surface area (Å²) >= 11 is 0. The van der Waals surface area contributed by atoms with E-state index in [1.807, 2.05) is 12.1 Å². The van der Waals surface area contributed by atoms with Gasteiger partial charge in [0, 0.05) is 5.69 Å². The van der Waals surface area contributed by atoms with Gasteiger partial charge in [-0.1, -0.05) is 57.2 Å². The number of carbonyl (C=O) groups is 1. The zero-order chi connectivity index (χ0) is 16.3. The minimum absolute atomic E-state index is 0.0989. The lowest BCUT2D eigenvalue weighted by molar-refractivity contribution is -0.138. The number of carboxylic acid groups (broad SMARTS) is 1. The second kappa shape index (κ2) is 6.22. The molecule has 0 amide bonds. The molecule has 0 fully saturated rings. The van der Waals surface area contributed by atoms with Crippen molar-refractivity contribution in [1.82, 2.24) is 0 Å². The van der Waals surface area contributed by atoms with Crippen LogP contribution in [0.2, 0.25) is 0 Å². The van der Waals surface area contributed by atoms with Crippen LogP contribution in [0.25, 0.3) is 0 Å². The molecule has 2 aromatic carbocycles. The number of rotatable bonds is 4. The van der Waals surface area contributed by atoms with Crippen LogP contribution in [0.4, 0.5) is 5.69 Å². The number of hydrogen-bond acceptors (Lipinski definition) is 2. The lowest BCUT2D eigenvalue weighted by Gasteiger charge is -2.20. The fourth-order valence-corrected chi connectivity index (χ4v) is 2.45. The number of carboxylic acids is 1. The molecule has 2 aromatic rings. The Balaban J connectivity index is 2.21. The highest BCUT2D eigenvalue weighted by Gasteiger charge is 2.21. The first-order valence-electron chi connectivity index (χ1n) is 7.45. The highest BCUT2D eigenvalue weighted by Crippen LogP contribution is 2.26. The molecule has 0 radical (unpaired) electrons. The number of nitrogen functional groups attached to an aromatic ring is 1. The summed E-state index contributed by atoms with van der Waals surface area (Å²) < 4.78 is 0. The van der Waals surface area contributed by atoms with Crippen molar-refractivity contribution in [2.75, 3.05) is 5.73 Å². The number of nitrogens with two attached hydrogens (primary N) is 1. The van der Waals surface area contributed by atoms with E-state index in [0.717, 1.165) is 11.1 Å². The Morgan fingerprint density at radius 2 is 1.59 bits per heavy atom. The Morgan fingerprint density at radius 1 is 1.05 bits per heavy atom. The summed E-state index contributed by atoms with van der Waals surface area (Å²) in [5.41, 5.74) is 9.46. The third-order valence-electron chi connectivity index (χ3n) is 3.90. The van der Waals surface area contributed by atoms with E-state index in [-0.39, 0.29) is 5.41 Å². The summed E-state index contributed by atoms with van der Waals surface area (Å²) in [5.74, 6) is -1.37. The zero-order valence-corrected chi connectivity index (χ0v) is 13.3. The summed E-state index contributed by atoms with van der Waals surface area (Å²) in [6.07, 6.45) is 0.476. The molecular formula is C19H23NO2. The van der Waals surface area contributed by atoms with E-state index in [4.69, 9.17) is 5.73 Å². The Bertz CT molecular complexity index is 637. The fourth-order valence-electron chi connectivity index (χ4n) is 2.45. The molecule has 0 aliphatic carbocycles. The van der Waals surface area contributed by atoms with Crippen LogP contribution >= 0.6 is 0 Å². The maximum absolute atomic E-state index is 11.6. The molecule has 0 spiro atoms. The van der Waals surface area contributed by atoms with Gasteiger partial charge in [0.1, 0.15) is 0 Å². The first-order chi connectivity index (χ1) is 10.3. The van der Waals surface area contributed by atoms with Crippen molar-refractivity contribution in [1.29, 1.82) is 0 Å². The normalized spacial score (nSPS) is 12.9. The predicted octanol–water partition coefficient (Wildman–Crippen LogP) is 3.98. The number of hydrogen-bond donors (Lipinski definition) is 2. The van der Waals surface area contributed by atoms with Gasteiger partial charge in [0.15, 0.2) is 0 Å². The van der Waals surface area contributed by atoms with Gasteiger partial charge in [-0.15, -0.1) is 0 Å². The molecule has 0 aromatic heterocycles. The van der Waals surface area contributed by atoms with Gasteiger partial charge in [0.2, 0.25) is 0 Å². The molecule has 0 bridgehead atoms. The quantitative estimate of drug-likeness (QED) is 0.839. The lowest BCUT2D eigenvalue weighted by Crippen LogP contribution is -2.15. The number of anilines is 1. The van der Waals surface area contributed by atoms with E-state index >= 15 is 0 Å². The Hall–Kier alpha value is -2.29. The van der Waals surface area contributed by atoms with Crippen molar-refractivity contribution in [3.05, 3.63) is 65.2 Å². The monoisotopic (exact) mass is 297 g/mol. The van der Waals surface area contributed by atoms with Gasteiger partial charge in [0.25, 0.3) is 0 Å². The Morgan fingerprint density at radius 3 is 2.05 bits per heavy atom. The van der Waals surface area contributed by atoms with Crippen molar-refractivity contribution >= 4 is 11.7 Å². The molecular weight excluding hydrogens is 274 g/mol. The average molecular weight is 297 g/mol. The van der Waals surface area contributed by atoms with Gasteiger partial charge in [-0.25, -0.2) is 0 Å². The van der Waals surface area contributed by atoms with Gasteiger partial charge in [-0.05, 0) is 40.7 Å². The molecule has 3 nitrogen and oxygen atoms in total.